The summed E-state index contributed by atoms with van der Waals surface area (Å²) in [6, 6.07) is 5.06. The number of piperazine rings is 2. The Labute approximate surface area is 254 Å². The van der Waals surface area contributed by atoms with E-state index in [2.05, 4.69) is 28.4 Å². The molecule has 3 aliphatic rings. The van der Waals surface area contributed by atoms with Crippen LogP contribution in [0, 0.1) is 5.82 Å². The van der Waals surface area contributed by atoms with Crippen molar-refractivity contribution < 1.29 is 19.0 Å². The number of halogens is 2. The lowest BCUT2D eigenvalue weighted by molar-refractivity contribution is -0.128. The van der Waals surface area contributed by atoms with Crippen molar-refractivity contribution in [3.63, 3.8) is 0 Å². The number of phenolic OH excluding ortho intramolecular Hbond substituents is 1. The van der Waals surface area contributed by atoms with Crippen LogP contribution in [0.1, 0.15) is 19.9 Å². The number of nitrogens with zero attached hydrogens (tertiary/aromatic N) is 6. The van der Waals surface area contributed by atoms with Crippen molar-refractivity contribution >= 4 is 34.2 Å². The zero-order chi connectivity index (χ0) is 30.6. The van der Waals surface area contributed by atoms with Gasteiger partial charge in [0, 0.05) is 63.3 Å². The number of likely N-dealkylation sites (N-methyl/N-ethyl adjacent to an activating group) is 1. The van der Waals surface area contributed by atoms with Gasteiger partial charge in [-0.1, -0.05) is 24.2 Å². The van der Waals surface area contributed by atoms with Crippen LogP contribution < -0.4 is 15.3 Å². The van der Waals surface area contributed by atoms with Crippen LogP contribution in [0.25, 0.3) is 22.0 Å². The number of hydrogen-bond acceptors (Lipinski definition) is 8. The monoisotopic (exact) mass is 610 g/mol. The second kappa shape index (κ2) is 11.4. The summed E-state index contributed by atoms with van der Waals surface area (Å²) < 4.78 is 23.3. The number of benzene rings is 2. The van der Waals surface area contributed by atoms with E-state index in [1.165, 1.54) is 24.3 Å². The molecule has 0 saturated carbocycles. The first kappa shape index (κ1) is 29.4. The quantitative estimate of drug-likeness (QED) is 0.440. The Balaban J connectivity index is 1.54. The zero-order valence-corrected chi connectivity index (χ0v) is 25.3. The first-order chi connectivity index (χ1) is 20.6. The fraction of sp³-hybridized carbons (Fsp3) is 0.452. The van der Waals surface area contributed by atoms with Gasteiger partial charge in [0.2, 0.25) is 5.91 Å². The lowest BCUT2D eigenvalue weighted by Gasteiger charge is -2.45. The topological polar surface area (TPSA) is 94.4 Å². The number of carbonyl (C=O) groups excluding carboxylic acids is 1. The molecule has 12 heteroatoms. The number of anilines is 1. The van der Waals surface area contributed by atoms with E-state index in [1.54, 1.807) is 15.5 Å². The minimum Gasteiger partial charge on any atom is -0.507 e. The molecule has 0 aliphatic carbocycles. The maximum absolute atomic E-state index is 15.2. The Morgan fingerprint density at radius 3 is 2.63 bits per heavy atom. The van der Waals surface area contributed by atoms with Gasteiger partial charge < -0.3 is 24.5 Å². The fourth-order valence-corrected chi connectivity index (χ4v) is 6.87. The molecule has 2 saturated heterocycles. The molecule has 43 heavy (non-hydrogen) atoms. The summed E-state index contributed by atoms with van der Waals surface area (Å²) >= 11 is 6.88. The lowest BCUT2D eigenvalue weighted by atomic mass is 9.98. The van der Waals surface area contributed by atoms with E-state index < -0.39 is 11.5 Å². The summed E-state index contributed by atoms with van der Waals surface area (Å²) in [6.45, 7) is 12.7. The largest absolute Gasteiger partial charge is 0.507 e. The third kappa shape index (κ3) is 5.13. The van der Waals surface area contributed by atoms with E-state index in [0.29, 0.717) is 36.4 Å². The van der Waals surface area contributed by atoms with Gasteiger partial charge in [0.1, 0.15) is 24.0 Å². The smallest absolute Gasteiger partial charge is 0.350 e. The highest BCUT2D eigenvalue weighted by molar-refractivity contribution is 6.35. The SMILES string of the molecule is C=CC(=O)N1C[C@H](C)N(c2nc(=O)n3c4c(c(-c5c(O)cccc5F)c(Cl)cc24)OC[C@H]3CN2CCN(C)CC2)C[C@H]1C. The molecule has 1 amide bonds. The maximum Gasteiger partial charge on any atom is 0.350 e. The number of hydrogen-bond donors (Lipinski definition) is 1. The van der Waals surface area contributed by atoms with Gasteiger partial charge in [-0.05, 0) is 45.2 Å². The Bertz CT molecular complexity index is 1640. The van der Waals surface area contributed by atoms with E-state index in [9.17, 15) is 14.7 Å². The summed E-state index contributed by atoms with van der Waals surface area (Å²) in [5.74, 6) is -0.429. The van der Waals surface area contributed by atoms with Crippen molar-refractivity contribution in [2.45, 2.75) is 32.0 Å². The van der Waals surface area contributed by atoms with E-state index in [0.717, 1.165) is 26.2 Å². The van der Waals surface area contributed by atoms with Gasteiger partial charge in [-0.3, -0.25) is 14.3 Å². The lowest BCUT2D eigenvalue weighted by Crippen LogP contribution is -2.58. The first-order valence-corrected chi connectivity index (χ1v) is 15.0. The molecule has 0 unspecified atom stereocenters. The minimum atomic E-state index is -0.658. The Hall–Kier alpha value is -3.67. The molecule has 2 aromatic carbocycles. The Morgan fingerprint density at radius 2 is 1.93 bits per heavy atom. The van der Waals surface area contributed by atoms with E-state index in [1.807, 2.05) is 18.7 Å². The number of ether oxygens (including phenoxy) is 1. The van der Waals surface area contributed by atoms with E-state index >= 15 is 4.39 Å². The summed E-state index contributed by atoms with van der Waals surface area (Å²) in [5, 5.41) is 11.5. The summed E-state index contributed by atoms with van der Waals surface area (Å²) in [5.41, 5.74) is 0.127. The van der Waals surface area contributed by atoms with Crippen LogP contribution >= 0.6 is 11.6 Å². The van der Waals surface area contributed by atoms with Gasteiger partial charge in [-0.2, -0.15) is 4.98 Å². The zero-order valence-electron chi connectivity index (χ0n) is 24.6. The van der Waals surface area contributed by atoms with Crippen molar-refractivity contribution in [2.24, 2.45) is 0 Å². The molecule has 0 spiro atoms. The van der Waals surface area contributed by atoms with Gasteiger partial charge >= 0.3 is 5.69 Å². The predicted octanol–water partition coefficient (Wildman–Crippen LogP) is 3.35. The van der Waals surface area contributed by atoms with Crippen LogP contribution in [-0.4, -0.2) is 107 Å². The molecule has 2 fully saturated rings. The summed E-state index contributed by atoms with van der Waals surface area (Å²) in [7, 11) is 2.09. The molecular weight excluding hydrogens is 575 g/mol. The number of amides is 1. The number of aromatic nitrogens is 2. The third-order valence-electron chi connectivity index (χ3n) is 8.90. The molecule has 228 valence electrons. The van der Waals surface area contributed by atoms with Gasteiger partial charge in [0.25, 0.3) is 0 Å². The molecule has 1 N–H and O–H groups in total. The second-order valence-corrected chi connectivity index (χ2v) is 12.2. The molecule has 0 radical (unpaired) electrons. The number of carbonyl (C=O) groups is 1. The molecule has 6 rings (SSSR count). The highest BCUT2D eigenvalue weighted by Crippen LogP contribution is 2.49. The van der Waals surface area contributed by atoms with Crippen molar-refractivity contribution in [2.75, 3.05) is 64.4 Å². The standard InChI is InChI=1S/C31H36ClFN6O4/c1-5-25(41)37-14-19(3)38(15-18(37)2)30-21-13-22(32)26(27-23(33)7-6-8-24(27)40)29-28(21)39(31(42)34-30)20(17-43-29)16-36-11-9-35(4)10-12-36/h5-8,13,18-20,40H,1,9-12,14-17H2,2-4H3/t18-,19+,20-/m1/s1. The Morgan fingerprint density at radius 1 is 1.19 bits per heavy atom. The van der Waals surface area contributed by atoms with Crippen molar-refractivity contribution in [3.8, 4) is 22.6 Å². The van der Waals surface area contributed by atoms with Crippen molar-refractivity contribution in [1.82, 2.24) is 24.3 Å². The third-order valence-corrected chi connectivity index (χ3v) is 9.20. The van der Waals surface area contributed by atoms with Crippen molar-refractivity contribution in [3.05, 3.63) is 58.2 Å². The summed E-state index contributed by atoms with van der Waals surface area (Å²) in [4.78, 5) is 39.5. The minimum absolute atomic E-state index is 0.0854. The van der Waals surface area contributed by atoms with E-state index in [-0.39, 0.29) is 58.3 Å². The van der Waals surface area contributed by atoms with E-state index in [4.69, 9.17) is 16.3 Å². The van der Waals surface area contributed by atoms with Crippen LogP contribution in [0.2, 0.25) is 5.02 Å². The number of rotatable bonds is 5. The fourth-order valence-electron chi connectivity index (χ4n) is 6.58. The molecule has 3 aromatic rings. The van der Waals surface area contributed by atoms with Crippen molar-refractivity contribution in [1.29, 1.82) is 0 Å². The first-order valence-electron chi connectivity index (χ1n) is 14.6. The molecular formula is C31H36ClFN6O4. The summed E-state index contributed by atoms with van der Waals surface area (Å²) in [6.07, 6.45) is 1.31. The second-order valence-electron chi connectivity index (χ2n) is 11.8. The highest BCUT2D eigenvalue weighted by atomic mass is 35.5. The average molecular weight is 611 g/mol. The maximum atomic E-state index is 15.2. The van der Waals surface area contributed by atoms with Crippen LogP contribution in [0.3, 0.4) is 0 Å². The molecule has 4 heterocycles. The molecule has 1 aromatic heterocycles. The van der Waals surface area contributed by atoms with Gasteiger partial charge in [0.15, 0.2) is 5.75 Å². The van der Waals surface area contributed by atoms with Gasteiger partial charge in [-0.15, -0.1) is 0 Å². The number of phenols is 1. The van der Waals surface area contributed by atoms with Gasteiger partial charge in [0.05, 0.1) is 27.7 Å². The van der Waals surface area contributed by atoms with Crippen LogP contribution in [-0.2, 0) is 4.79 Å². The molecule has 3 aliphatic heterocycles. The van der Waals surface area contributed by atoms with Crippen LogP contribution in [0.4, 0.5) is 10.2 Å². The average Bonchev–Trinajstić information content (AvgIpc) is 2.98. The predicted molar refractivity (Wildman–Crippen MR) is 165 cm³/mol. The molecule has 10 nitrogen and oxygen atoms in total. The molecule has 0 bridgehead atoms. The number of aromatic hydroxyl groups is 1. The van der Waals surface area contributed by atoms with Gasteiger partial charge in [-0.25, -0.2) is 9.18 Å². The van der Waals surface area contributed by atoms with Crippen LogP contribution in [0.15, 0.2) is 41.7 Å². The highest BCUT2D eigenvalue weighted by Gasteiger charge is 2.37. The molecule has 3 atom stereocenters. The van der Waals surface area contributed by atoms with Crippen LogP contribution in [0.5, 0.6) is 11.5 Å². The Kier molecular flexibility index (Phi) is 7.82. The normalized spacial score (nSPS) is 23.0.